The van der Waals surface area contributed by atoms with E-state index in [4.69, 9.17) is 0 Å². The molecule has 1 saturated heterocycles. The molecule has 1 N–H and O–H groups in total. The maximum Gasteiger partial charge on any atom is 0.248 e. The number of nitrogens with zero attached hydrogens (tertiary/aromatic N) is 4. The van der Waals surface area contributed by atoms with E-state index in [1.54, 1.807) is 23.5 Å². The highest BCUT2D eigenvalue weighted by atomic mass is 32.2. The lowest BCUT2D eigenvalue weighted by molar-refractivity contribution is 0.569. The summed E-state index contributed by atoms with van der Waals surface area (Å²) in [4.78, 5) is 11.0. The first-order valence-electron chi connectivity index (χ1n) is 5.67. The van der Waals surface area contributed by atoms with Crippen LogP contribution < -0.4 is 4.90 Å². The second kappa shape index (κ2) is 6.30. The van der Waals surface area contributed by atoms with Crippen molar-refractivity contribution in [3.05, 3.63) is 0 Å². The first-order valence-corrected chi connectivity index (χ1v) is 8.12. The lowest BCUT2D eigenvalue weighted by Gasteiger charge is -2.24. The molecule has 94 valence electrons. The van der Waals surface area contributed by atoms with Crippen LogP contribution in [0.1, 0.15) is 19.3 Å². The van der Waals surface area contributed by atoms with Crippen LogP contribution in [0.3, 0.4) is 0 Å². The van der Waals surface area contributed by atoms with Crippen LogP contribution in [-0.2, 0) is 0 Å². The van der Waals surface area contributed by atoms with E-state index in [2.05, 4.69) is 25.1 Å². The van der Waals surface area contributed by atoms with Crippen molar-refractivity contribution in [1.29, 1.82) is 0 Å². The van der Waals surface area contributed by atoms with Crippen LogP contribution in [0.15, 0.2) is 4.99 Å². The molecular weight excluding hydrogens is 254 g/mol. The minimum absolute atomic E-state index is 0.601. The third-order valence-corrected chi connectivity index (χ3v) is 4.53. The molecule has 0 saturated carbocycles. The van der Waals surface area contributed by atoms with Crippen molar-refractivity contribution in [1.82, 2.24) is 15.2 Å². The summed E-state index contributed by atoms with van der Waals surface area (Å²) in [6, 6.07) is 0. The Bertz CT molecular complexity index is 378. The van der Waals surface area contributed by atoms with E-state index < -0.39 is 0 Å². The van der Waals surface area contributed by atoms with Crippen molar-refractivity contribution in [3.8, 4) is 0 Å². The zero-order valence-corrected chi connectivity index (χ0v) is 11.8. The number of aliphatic imine (C=N–C) groups is 1. The van der Waals surface area contributed by atoms with Crippen molar-refractivity contribution in [2.45, 2.75) is 19.3 Å². The molecule has 1 fully saturated rings. The Balaban J connectivity index is 2.07. The normalized spacial score (nSPS) is 16.0. The van der Waals surface area contributed by atoms with Gasteiger partial charge in [-0.1, -0.05) is 0 Å². The van der Waals surface area contributed by atoms with Crippen LogP contribution >= 0.6 is 23.5 Å². The maximum absolute atomic E-state index is 4.41. The molecule has 1 aromatic rings. The summed E-state index contributed by atoms with van der Waals surface area (Å²) < 4.78 is 0.992. The minimum Gasteiger partial charge on any atom is -0.340 e. The number of aromatic nitrogens is 3. The first kappa shape index (κ1) is 12.8. The Morgan fingerprint density at radius 2 is 1.94 bits per heavy atom. The van der Waals surface area contributed by atoms with E-state index in [1.807, 2.05) is 12.5 Å². The topological polar surface area (TPSA) is 57.2 Å². The van der Waals surface area contributed by atoms with Gasteiger partial charge in [-0.15, -0.1) is 28.6 Å². The smallest absolute Gasteiger partial charge is 0.248 e. The third kappa shape index (κ3) is 3.38. The molecule has 2 rings (SSSR count). The molecule has 0 radical (unpaired) electrons. The summed E-state index contributed by atoms with van der Waals surface area (Å²) in [6.45, 7) is 2.11. The van der Waals surface area contributed by atoms with Crippen molar-refractivity contribution in [2.24, 2.45) is 4.99 Å². The van der Waals surface area contributed by atoms with Gasteiger partial charge in [0.2, 0.25) is 11.9 Å². The molecule has 0 atom stereocenters. The molecule has 0 aliphatic carbocycles. The Morgan fingerprint density at radius 3 is 2.59 bits per heavy atom. The fraction of sp³-hybridized carbons (Fsp3) is 0.700. The second-order valence-electron chi connectivity index (χ2n) is 3.79. The third-order valence-electron chi connectivity index (χ3n) is 2.65. The fourth-order valence-corrected chi connectivity index (χ4v) is 2.81. The summed E-state index contributed by atoms with van der Waals surface area (Å²) in [5, 5.41) is 7.11. The number of aromatic amines is 1. The van der Waals surface area contributed by atoms with E-state index in [1.165, 1.54) is 19.3 Å². The van der Waals surface area contributed by atoms with Crippen molar-refractivity contribution >= 4 is 39.8 Å². The number of hydrogen-bond acceptors (Lipinski definition) is 6. The monoisotopic (exact) mass is 271 g/mol. The highest BCUT2D eigenvalue weighted by Gasteiger charge is 2.15. The highest BCUT2D eigenvalue weighted by molar-refractivity contribution is 8.38. The number of nitrogens with one attached hydrogen (secondary N) is 1. The largest absolute Gasteiger partial charge is 0.340 e. The average molecular weight is 271 g/mol. The van der Waals surface area contributed by atoms with Crippen LogP contribution in [-0.4, -0.2) is 45.2 Å². The molecule has 0 unspecified atom stereocenters. The summed E-state index contributed by atoms with van der Waals surface area (Å²) in [6.07, 6.45) is 7.80. The highest BCUT2D eigenvalue weighted by Crippen LogP contribution is 2.20. The SMILES string of the molecule is CSC(=Nc1nc(N2CCCCC2)n[nH]1)SC. The van der Waals surface area contributed by atoms with Crippen LogP contribution in [0, 0.1) is 0 Å². The Labute approximate surface area is 110 Å². The number of hydrogen-bond donors (Lipinski definition) is 1. The molecule has 2 heterocycles. The molecule has 1 aliphatic heterocycles. The van der Waals surface area contributed by atoms with Gasteiger partial charge in [-0.05, 0) is 31.8 Å². The second-order valence-corrected chi connectivity index (χ2v) is 5.64. The van der Waals surface area contributed by atoms with Gasteiger partial charge in [0, 0.05) is 13.1 Å². The number of H-pyrrole nitrogens is 1. The van der Waals surface area contributed by atoms with Crippen LogP contribution in [0.5, 0.6) is 0 Å². The lowest BCUT2D eigenvalue weighted by atomic mass is 10.1. The van der Waals surface area contributed by atoms with Gasteiger partial charge in [-0.25, -0.2) is 5.10 Å². The molecule has 0 spiro atoms. The van der Waals surface area contributed by atoms with Gasteiger partial charge < -0.3 is 4.90 Å². The predicted molar refractivity (Wildman–Crippen MR) is 76.6 cm³/mol. The zero-order chi connectivity index (χ0) is 12.1. The molecule has 1 aliphatic rings. The summed E-state index contributed by atoms with van der Waals surface area (Å²) in [5.74, 6) is 1.38. The zero-order valence-electron chi connectivity index (χ0n) is 10.1. The average Bonchev–Trinajstić information content (AvgIpc) is 2.85. The molecule has 0 bridgehead atoms. The molecule has 0 amide bonds. The fourth-order valence-electron chi connectivity index (χ4n) is 1.79. The lowest BCUT2D eigenvalue weighted by Crippen LogP contribution is -2.30. The van der Waals surface area contributed by atoms with Gasteiger partial charge in [0.1, 0.15) is 4.38 Å². The molecule has 1 aromatic heterocycles. The first-order chi connectivity index (χ1) is 8.33. The van der Waals surface area contributed by atoms with E-state index in [9.17, 15) is 0 Å². The summed E-state index contributed by atoms with van der Waals surface area (Å²) in [7, 11) is 0. The van der Waals surface area contributed by atoms with E-state index in [-0.39, 0.29) is 0 Å². The molecule has 0 aromatic carbocycles. The van der Waals surface area contributed by atoms with Crippen LogP contribution in [0.25, 0.3) is 0 Å². The van der Waals surface area contributed by atoms with Crippen LogP contribution in [0.4, 0.5) is 11.9 Å². The van der Waals surface area contributed by atoms with Gasteiger partial charge in [-0.2, -0.15) is 9.98 Å². The molecule has 7 heteroatoms. The van der Waals surface area contributed by atoms with E-state index in [0.717, 1.165) is 23.4 Å². The summed E-state index contributed by atoms with van der Waals surface area (Å²) >= 11 is 3.24. The van der Waals surface area contributed by atoms with Crippen molar-refractivity contribution in [2.75, 3.05) is 30.5 Å². The van der Waals surface area contributed by atoms with Crippen molar-refractivity contribution < 1.29 is 0 Å². The van der Waals surface area contributed by atoms with Gasteiger partial charge in [0.05, 0.1) is 0 Å². The van der Waals surface area contributed by atoms with Gasteiger partial charge in [0.15, 0.2) is 0 Å². The maximum atomic E-state index is 4.41. The van der Waals surface area contributed by atoms with Gasteiger partial charge >= 0.3 is 0 Å². The quantitative estimate of drug-likeness (QED) is 0.661. The van der Waals surface area contributed by atoms with Gasteiger partial charge in [-0.3, -0.25) is 0 Å². The molecule has 17 heavy (non-hydrogen) atoms. The Kier molecular flexibility index (Phi) is 4.73. The Morgan fingerprint density at radius 1 is 1.24 bits per heavy atom. The van der Waals surface area contributed by atoms with Gasteiger partial charge in [0.25, 0.3) is 0 Å². The Hall–Kier alpha value is -0.690. The standard InChI is InChI=1S/C10H17N5S2/c1-16-10(17-2)12-8-11-9(14-13-8)15-6-4-3-5-7-15/h3-7H2,1-2H3,(H,11,13,14). The number of thioether (sulfide) groups is 2. The summed E-state index contributed by atoms with van der Waals surface area (Å²) in [5.41, 5.74) is 0. The minimum atomic E-state index is 0.601. The van der Waals surface area contributed by atoms with Crippen molar-refractivity contribution in [3.63, 3.8) is 0 Å². The predicted octanol–water partition coefficient (Wildman–Crippen LogP) is 2.51. The number of anilines is 1. The number of rotatable bonds is 2. The number of piperidine rings is 1. The molecule has 5 nitrogen and oxygen atoms in total. The van der Waals surface area contributed by atoms with E-state index in [0.29, 0.717) is 5.95 Å². The molecular formula is C10H17N5S2. The van der Waals surface area contributed by atoms with E-state index >= 15 is 0 Å². The van der Waals surface area contributed by atoms with Crippen LogP contribution in [0.2, 0.25) is 0 Å².